The second kappa shape index (κ2) is 4.13. The summed E-state index contributed by atoms with van der Waals surface area (Å²) < 4.78 is 0. The summed E-state index contributed by atoms with van der Waals surface area (Å²) in [5.74, 6) is 0. The minimum Gasteiger partial charge on any atom is -0.329 e. The molecule has 1 rings (SSSR count). The highest BCUT2D eigenvalue weighted by Gasteiger charge is 2.17. The van der Waals surface area contributed by atoms with E-state index in [2.05, 4.69) is 10.2 Å². The summed E-state index contributed by atoms with van der Waals surface area (Å²) >= 11 is 5.97. The van der Waals surface area contributed by atoms with Crippen molar-refractivity contribution in [3.8, 4) is 0 Å². The highest BCUT2D eigenvalue weighted by molar-refractivity contribution is 6.20. The van der Waals surface area contributed by atoms with Crippen LogP contribution >= 0.6 is 11.6 Å². The highest BCUT2D eigenvalue weighted by atomic mass is 35.5. The summed E-state index contributed by atoms with van der Waals surface area (Å²) in [6.45, 7) is 4.54. The highest BCUT2D eigenvalue weighted by Crippen LogP contribution is 2.05. The van der Waals surface area contributed by atoms with Crippen molar-refractivity contribution in [1.82, 2.24) is 10.2 Å². The van der Waals surface area contributed by atoms with Gasteiger partial charge in [-0.25, -0.2) is 0 Å². The predicted octanol–water partition coefficient (Wildman–Crippen LogP) is -0.585. The van der Waals surface area contributed by atoms with Crippen LogP contribution in [0, 0.1) is 0 Å². The molecular formula is C6H14ClN3. The van der Waals surface area contributed by atoms with Gasteiger partial charge in [-0.3, -0.25) is 4.90 Å². The molecule has 10 heavy (non-hydrogen) atoms. The zero-order valence-corrected chi connectivity index (χ0v) is 6.77. The molecule has 1 unspecified atom stereocenters. The van der Waals surface area contributed by atoms with Gasteiger partial charge in [-0.2, -0.15) is 0 Å². The van der Waals surface area contributed by atoms with Gasteiger partial charge in [-0.15, -0.1) is 11.6 Å². The van der Waals surface area contributed by atoms with Crippen molar-refractivity contribution in [3.63, 3.8) is 0 Å². The Morgan fingerprint density at radius 3 is 3.10 bits per heavy atom. The van der Waals surface area contributed by atoms with E-state index in [1.165, 1.54) is 0 Å². The quantitative estimate of drug-likeness (QED) is 0.423. The number of hydrogen-bond donors (Lipinski definition) is 2. The van der Waals surface area contributed by atoms with Crippen molar-refractivity contribution < 1.29 is 0 Å². The molecule has 0 aromatic carbocycles. The maximum absolute atomic E-state index is 5.97. The van der Waals surface area contributed by atoms with Crippen molar-refractivity contribution in [2.24, 2.45) is 5.73 Å². The Bertz CT molecular complexity index is 97.0. The Kier molecular flexibility index (Phi) is 3.42. The standard InChI is InChI=1S/C6H14ClN3/c7-6-5-9-2-4-10(6)3-1-8/h6,9H,1-5,8H2. The lowest BCUT2D eigenvalue weighted by Gasteiger charge is -2.31. The monoisotopic (exact) mass is 163 g/mol. The van der Waals surface area contributed by atoms with Gasteiger partial charge in [0.25, 0.3) is 0 Å². The van der Waals surface area contributed by atoms with Crippen LogP contribution < -0.4 is 11.1 Å². The molecule has 0 radical (unpaired) electrons. The van der Waals surface area contributed by atoms with Crippen LogP contribution in [-0.4, -0.2) is 43.1 Å². The van der Waals surface area contributed by atoms with E-state index < -0.39 is 0 Å². The Balaban J connectivity index is 2.25. The van der Waals surface area contributed by atoms with Gasteiger partial charge in [0.15, 0.2) is 0 Å². The Hall–Kier alpha value is 0.170. The molecule has 1 aliphatic rings. The van der Waals surface area contributed by atoms with E-state index in [0.717, 1.165) is 26.2 Å². The van der Waals surface area contributed by atoms with Crippen molar-refractivity contribution in [2.75, 3.05) is 32.7 Å². The molecule has 1 fully saturated rings. The molecule has 60 valence electrons. The van der Waals surface area contributed by atoms with E-state index in [9.17, 15) is 0 Å². The molecule has 0 amide bonds. The number of hydrogen-bond acceptors (Lipinski definition) is 3. The number of nitrogens with two attached hydrogens (primary N) is 1. The number of piperazine rings is 1. The molecule has 4 heteroatoms. The maximum Gasteiger partial charge on any atom is 0.0977 e. The predicted molar refractivity (Wildman–Crippen MR) is 43.1 cm³/mol. The topological polar surface area (TPSA) is 41.3 Å². The van der Waals surface area contributed by atoms with Gasteiger partial charge in [-0.05, 0) is 0 Å². The van der Waals surface area contributed by atoms with Gasteiger partial charge >= 0.3 is 0 Å². The van der Waals surface area contributed by atoms with E-state index in [1.807, 2.05) is 0 Å². The minimum absolute atomic E-state index is 0.136. The number of rotatable bonds is 2. The van der Waals surface area contributed by atoms with Gasteiger partial charge in [0, 0.05) is 32.7 Å². The molecule has 3 nitrogen and oxygen atoms in total. The molecule has 3 N–H and O–H groups in total. The molecule has 1 saturated heterocycles. The van der Waals surface area contributed by atoms with Crippen LogP contribution in [0.3, 0.4) is 0 Å². The fourth-order valence-electron chi connectivity index (χ4n) is 1.13. The number of nitrogens with one attached hydrogen (secondary N) is 1. The molecule has 0 spiro atoms. The summed E-state index contributed by atoms with van der Waals surface area (Å²) in [6, 6.07) is 0. The van der Waals surface area contributed by atoms with Crippen LogP contribution in [0.5, 0.6) is 0 Å². The first kappa shape index (κ1) is 8.27. The molecule has 1 heterocycles. The van der Waals surface area contributed by atoms with E-state index in [-0.39, 0.29) is 5.50 Å². The smallest absolute Gasteiger partial charge is 0.0977 e. The summed E-state index contributed by atoms with van der Waals surface area (Å²) in [4.78, 5) is 2.19. The molecule has 1 aliphatic heterocycles. The van der Waals surface area contributed by atoms with Crippen molar-refractivity contribution in [3.05, 3.63) is 0 Å². The maximum atomic E-state index is 5.97. The lowest BCUT2D eigenvalue weighted by molar-refractivity contribution is 0.220. The first-order valence-electron chi connectivity index (χ1n) is 3.63. The lowest BCUT2D eigenvalue weighted by atomic mass is 10.3. The molecule has 0 bridgehead atoms. The molecule has 0 aromatic heterocycles. The minimum atomic E-state index is 0.136. The average molecular weight is 164 g/mol. The Morgan fingerprint density at radius 1 is 1.70 bits per heavy atom. The van der Waals surface area contributed by atoms with Crippen LogP contribution in [0.25, 0.3) is 0 Å². The third-order valence-electron chi connectivity index (χ3n) is 1.70. The lowest BCUT2D eigenvalue weighted by Crippen LogP contribution is -2.49. The number of halogens is 1. The number of nitrogens with zero attached hydrogens (tertiary/aromatic N) is 1. The fourth-order valence-corrected chi connectivity index (χ4v) is 1.44. The zero-order valence-electron chi connectivity index (χ0n) is 6.02. The Labute approximate surface area is 66.5 Å². The molecular weight excluding hydrogens is 150 g/mol. The molecule has 0 aliphatic carbocycles. The van der Waals surface area contributed by atoms with Gasteiger partial charge in [-0.1, -0.05) is 0 Å². The average Bonchev–Trinajstić information content (AvgIpc) is 1.94. The number of alkyl halides is 1. The van der Waals surface area contributed by atoms with Crippen LogP contribution in [-0.2, 0) is 0 Å². The summed E-state index contributed by atoms with van der Waals surface area (Å²) in [5, 5.41) is 3.21. The molecule has 1 atom stereocenters. The third kappa shape index (κ3) is 2.09. The zero-order chi connectivity index (χ0) is 7.40. The van der Waals surface area contributed by atoms with Crippen LogP contribution in [0.4, 0.5) is 0 Å². The second-order valence-corrected chi connectivity index (χ2v) is 2.97. The van der Waals surface area contributed by atoms with Gasteiger partial charge in [0.1, 0.15) is 0 Å². The van der Waals surface area contributed by atoms with Crippen LogP contribution in [0.2, 0.25) is 0 Å². The SMILES string of the molecule is NCCN1CCNCC1Cl. The normalized spacial score (nSPS) is 28.8. The first-order valence-corrected chi connectivity index (χ1v) is 4.07. The summed E-state index contributed by atoms with van der Waals surface area (Å²) in [5.41, 5.74) is 5.54. The van der Waals surface area contributed by atoms with E-state index in [0.29, 0.717) is 6.54 Å². The molecule has 0 saturated carbocycles. The Morgan fingerprint density at radius 2 is 2.50 bits per heavy atom. The third-order valence-corrected chi connectivity index (χ3v) is 2.13. The van der Waals surface area contributed by atoms with Gasteiger partial charge in [0.05, 0.1) is 5.50 Å². The summed E-state index contributed by atoms with van der Waals surface area (Å²) in [7, 11) is 0. The second-order valence-electron chi connectivity index (χ2n) is 2.46. The van der Waals surface area contributed by atoms with E-state index in [1.54, 1.807) is 0 Å². The van der Waals surface area contributed by atoms with Gasteiger partial charge in [0.2, 0.25) is 0 Å². The van der Waals surface area contributed by atoms with E-state index >= 15 is 0 Å². The first-order chi connectivity index (χ1) is 4.84. The van der Waals surface area contributed by atoms with Gasteiger partial charge < -0.3 is 11.1 Å². The fraction of sp³-hybridized carbons (Fsp3) is 1.00. The van der Waals surface area contributed by atoms with Crippen molar-refractivity contribution >= 4 is 11.6 Å². The molecule has 0 aromatic rings. The largest absolute Gasteiger partial charge is 0.329 e. The summed E-state index contributed by atoms with van der Waals surface area (Å²) in [6.07, 6.45) is 0. The van der Waals surface area contributed by atoms with Crippen LogP contribution in [0.15, 0.2) is 0 Å². The van der Waals surface area contributed by atoms with Crippen molar-refractivity contribution in [2.45, 2.75) is 5.50 Å². The van der Waals surface area contributed by atoms with Crippen LogP contribution in [0.1, 0.15) is 0 Å². The van der Waals surface area contributed by atoms with E-state index in [4.69, 9.17) is 17.3 Å². The van der Waals surface area contributed by atoms with Crippen molar-refractivity contribution in [1.29, 1.82) is 0 Å².